The molecule has 2 N–H and O–H groups in total. The average molecular weight is 455 g/mol. The Morgan fingerprint density at radius 3 is 2.52 bits per heavy atom. The number of nitrogens with zero attached hydrogens (tertiary/aromatic N) is 2. The number of rotatable bonds is 10. The molecule has 1 aliphatic heterocycles. The predicted molar refractivity (Wildman–Crippen MR) is 112 cm³/mol. The first-order chi connectivity index (χ1) is 14.7. The first-order valence-corrected chi connectivity index (χ1v) is 12.2. The van der Waals surface area contributed by atoms with Crippen molar-refractivity contribution in [1.82, 2.24) is 19.1 Å². The largest absolute Gasteiger partial charge is 0.490 e. The molecule has 31 heavy (non-hydrogen) atoms. The number of fused-ring (bicyclic) bond motifs is 1. The minimum Gasteiger partial charge on any atom is -0.490 e. The van der Waals surface area contributed by atoms with E-state index in [-0.39, 0.29) is 17.4 Å². The maximum absolute atomic E-state index is 14.0. The van der Waals surface area contributed by atoms with Gasteiger partial charge >= 0.3 is 11.4 Å². The van der Waals surface area contributed by atoms with E-state index >= 15 is 0 Å². The number of aromatic nitrogens is 3. The van der Waals surface area contributed by atoms with Gasteiger partial charge in [0.15, 0.2) is 11.6 Å². The van der Waals surface area contributed by atoms with Gasteiger partial charge < -0.3 is 4.74 Å². The lowest BCUT2D eigenvalue weighted by Crippen LogP contribution is -2.29. The van der Waals surface area contributed by atoms with Crippen molar-refractivity contribution in [2.24, 2.45) is 11.8 Å². The van der Waals surface area contributed by atoms with Gasteiger partial charge in [-0.2, -0.15) is 0 Å². The zero-order valence-corrected chi connectivity index (χ0v) is 18.2. The number of halogens is 1. The minimum absolute atomic E-state index is 0.0471. The highest BCUT2D eigenvalue weighted by Gasteiger charge is 2.26. The van der Waals surface area contributed by atoms with E-state index in [1.54, 1.807) is 19.1 Å². The molecule has 0 amide bonds. The lowest BCUT2D eigenvalue weighted by atomic mass is 10.1. The van der Waals surface area contributed by atoms with Crippen LogP contribution in [0.15, 0.2) is 27.8 Å². The fourth-order valence-electron chi connectivity index (χ4n) is 3.88. The molecule has 170 valence electrons. The molecule has 1 aromatic carbocycles. The number of hydrogen-bond donors (Lipinski definition) is 2. The van der Waals surface area contributed by atoms with Crippen molar-refractivity contribution in [2.75, 3.05) is 12.4 Å². The van der Waals surface area contributed by atoms with Crippen LogP contribution in [0, 0.1) is 17.7 Å². The summed E-state index contributed by atoms with van der Waals surface area (Å²) in [5, 5.41) is 0. The lowest BCUT2D eigenvalue weighted by Gasteiger charge is -2.17. The van der Waals surface area contributed by atoms with Crippen LogP contribution in [-0.4, -0.2) is 35.1 Å². The highest BCUT2D eigenvalue weighted by atomic mass is 32.2. The third-order valence-corrected chi connectivity index (χ3v) is 7.38. The van der Waals surface area contributed by atoms with Crippen LogP contribution in [0.5, 0.6) is 5.75 Å². The van der Waals surface area contributed by atoms with Crippen molar-refractivity contribution in [3.63, 3.8) is 0 Å². The van der Waals surface area contributed by atoms with E-state index < -0.39 is 33.3 Å². The fourth-order valence-corrected chi connectivity index (χ4v) is 5.22. The summed E-state index contributed by atoms with van der Waals surface area (Å²) in [5.74, 6) is 0.149. The van der Waals surface area contributed by atoms with E-state index in [0.717, 1.165) is 12.8 Å². The molecule has 9 nitrogen and oxygen atoms in total. The van der Waals surface area contributed by atoms with Crippen molar-refractivity contribution in [2.45, 2.75) is 51.7 Å². The number of hydrogen-bond acceptors (Lipinski definition) is 5. The van der Waals surface area contributed by atoms with Gasteiger partial charge in [0, 0.05) is 19.1 Å². The first kappa shape index (κ1) is 21.8. The Morgan fingerprint density at radius 2 is 1.87 bits per heavy atom. The minimum atomic E-state index is -3.56. The third kappa shape index (κ3) is 5.27. The summed E-state index contributed by atoms with van der Waals surface area (Å²) in [4.78, 5) is 25.5. The molecule has 0 radical (unpaired) electrons. The first-order valence-electron chi connectivity index (χ1n) is 10.5. The summed E-state index contributed by atoms with van der Waals surface area (Å²) in [6, 6.07) is 3.86. The molecule has 0 bridgehead atoms. The van der Waals surface area contributed by atoms with Crippen molar-refractivity contribution in [1.29, 1.82) is 0 Å². The van der Waals surface area contributed by atoms with Crippen LogP contribution in [0.25, 0.3) is 0 Å². The van der Waals surface area contributed by atoms with E-state index in [1.807, 2.05) is 0 Å². The molecule has 1 atom stereocenters. The Kier molecular flexibility index (Phi) is 6.07. The highest BCUT2D eigenvalue weighted by Crippen LogP contribution is 2.31. The van der Waals surface area contributed by atoms with Crippen LogP contribution >= 0.6 is 0 Å². The molecule has 0 saturated heterocycles. The molecule has 2 heterocycles. The van der Waals surface area contributed by atoms with E-state index in [1.165, 1.54) is 15.4 Å². The number of sulfonamides is 1. The molecule has 0 spiro atoms. The molecule has 0 unspecified atom stereocenters. The van der Waals surface area contributed by atoms with Crippen molar-refractivity contribution < 1.29 is 17.5 Å². The molecule has 2 aromatic rings. The monoisotopic (exact) mass is 454 g/mol. The van der Waals surface area contributed by atoms with Gasteiger partial charge in [-0.3, -0.25) is 4.98 Å². The van der Waals surface area contributed by atoms with E-state index in [9.17, 15) is 22.4 Å². The van der Waals surface area contributed by atoms with Crippen molar-refractivity contribution in [3.05, 3.63) is 50.5 Å². The van der Waals surface area contributed by atoms with Crippen molar-refractivity contribution >= 4 is 10.0 Å². The number of ether oxygens (including phenoxy) is 1. The molecule has 11 heteroatoms. The van der Waals surface area contributed by atoms with Gasteiger partial charge in [0.2, 0.25) is 10.0 Å². The zero-order chi connectivity index (χ0) is 22.2. The summed E-state index contributed by atoms with van der Waals surface area (Å²) in [5.41, 5.74) is -0.240. The maximum atomic E-state index is 14.0. The topological polar surface area (TPSA) is 115 Å². The number of nitrogens with one attached hydrogen (secondary N) is 2. The van der Waals surface area contributed by atoms with Gasteiger partial charge in [0.1, 0.15) is 0 Å². The summed E-state index contributed by atoms with van der Waals surface area (Å²) in [6.45, 7) is 2.99. The van der Waals surface area contributed by atoms with Gasteiger partial charge in [-0.15, -0.1) is 0 Å². The van der Waals surface area contributed by atoms with Crippen LogP contribution in [0.4, 0.5) is 4.39 Å². The number of benzene rings is 1. The second kappa shape index (κ2) is 8.62. The molecule has 1 aliphatic carbocycles. The van der Waals surface area contributed by atoms with E-state index in [0.29, 0.717) is 44.0 Å². The molecule has 4 rings (SSSR count). The second-order valence-corrected chi connectivity index (χ2v) is 10.4. The SMILES string of the molecule is C[C@@H](NS(=O)(=O)CCCC1Cn2c(=O)[nH]c(=O)n2C1)c1ccc(F)c(OCC2CC2)c1. The molecular formula is C20H27FN4O5S. The molecular weight excluding hydrogens is 427 g/mol. The van der Waals surface area contributed by atoms with Crippen LogP contribution in [-0.2, 0) is 23.1 Å². The lowest BCUT2D eigenvalue weighted by molar-refractivity contribution is 0.285. The standard InChI is InChI=1S/C20H27FN4O5S/c1-13(16-6-7-17(21)18(9-16)30-12-14-4-5-14)23-31(28,29)8-2-3-15-10-24-19(26)22-20(27)25(24)11-15/h6-7,9,13-15,23H,2-5,8,10-12H2,1H3,(H,22,26,27)/t13-/m1/s1. The molecule has 1 saturated carbocycles. The average Bonchev–Trinajstić information content (AvgIpc) is 3.37. The fraction of sp³-hybridized carbons (Fsp3) is 0.600. The number of H-pyrrole nitrogens is 1. The van der Waals surface area contributed by atoms with Gasteiger partial charge in [0.05, 0.1) is 12.4 Å². The summed E-state index contributed by atoms with van der Waals surface area (Å²) < 4.78 is 49.9. The smallest absolute Gasteiger partial charge is 0.344 e. The Bertz CT molecular complexity index is 1130. The Labute approximate surface area is 179 Å². The van der Waals surface area contributed by atoms with E-state index in [2.05, 4.69) is 9.71 Å². The van der Waals surface area contributed by atoms with Gasteiger partial charge in [-0.05, 0) is 62.1 Å². The second-order valence-electron chi connectivity index (χ2n) is 8.51. The van der Waals surface area contributed by atoms with E-state index in [4.69, 9.17) is 4.74 Å². The summed E-state index contributed by atoms with van der Waals surface area (Å²) in [7, 11) is -3.56. The quantitative estimate of drug-likeness (QED) is 0.563. The normalized spacial score (nSPS) is 17.6. The number of aromatic amines is 1. The van der Waals surface area contributed by atoms with Gasteiger partial charge in [-0.1, -0.05) is 6.07 Å². The maximum Gasteiger partial charge on any atom is 0.344 e. The van der Waals surface area contributed by atoms with Crippen LogP contribution in [0.3, 0.4) is 0 Å². The Hall–Kier alpha value is -2.40. The zero-order valence-electron chi connectivity index (χ0n) is 17.3. The Morgan fingerprint density at radius 1 is 1.19 bits per heavy atom. The summed E-state index contributed by atoms with van der Waals surface area (Å²) >= 11 is 0. The Balaban J connectivity index is 1.28. The predicted octanol–water partition coefficient (Wildman–Crippen LogP) is 1.36. The molecule has 1 fully saturated rings. The van der Waals surface area contributed by atoms with Crippen LogP contribution < -0.4 is 20.8 Å². The van der Waals surface area contributed by atoms with Crippen LogP contribution in [0.1, 0.15) is 44.2 Å². The summed E-state index contributed by atoms with van der Waals surface area (Å²) in [6.07, 6.45) is 3.18. The van der Waals surface area contributed by atoms with Crippen LogP contribution in [0.2, 0.25) is 0 Å². The van der Waals surface area contributed by atoms with Gasteiger partial charge in [0.25, 0.3) is 0 Å². The van der Waals surface area contributed by atoms with Crippen molar-refractivity contribution in [3.8, 4) is 5.75 Å². The molecule has 2 aliphatic rings. The third-order valence-electron chi connectivity index (χ3n) is 5.84. The highest BCUT2D eigenvalue weighted by molar-refractivity contribution is 7.89. The van der Waals surface area contributed by atoms with Gasteiger partial charge in [-0.25, -0.2) is 36.5 Å². The molecule has 1 aromatic heterocycles.